The van der Waals surface area contributed by atoms with Crippen LogP contribution in [0.4, 0.5) is 0 Å². The van der Waals surface area contributed by atoms with Crippen LogP contribution in [-0.2, 0) is 0 Å². The molecule has 0 fully saturated rings. The Morgan fingerprint density at radius 3 is 2.35 bits per heavy atom. The van der Waals surface area contributed by atoms with Crippen molar-refractivity contribution >= 4 is 22.8 Å². The molecule has 0 bridgehead atoms. The maximum absolute atomic E-state index is 12.5. The zero-order chi connectivity index (χ0) is 22.0. The third kappa shape index (κ3) is 4.80. The van der Waals surface area contributed by atoms with Gasteiger partial charge in [-0.25, -0.2) is 4.79 Å². The van der Waals surface area contributed by atoms with Crippen molar-refractivity contribution in [1.82, 2.24) is 0 Å². The van der Waals surface area contributed by atoms with Crippen molar-refractivity contribution in [2.24, 2.45) is 5.41 Å². The lowest BCUT2D eigenvalue weighted by molar-refractivity contribution is 0.0735. The predicted molar refractivity (Wildman–Crippen MR) is 129 cm³/mol. The van der Waals surface area contributed by atoms with E-state index in [-0.39, 0.29) is 11.4 Å². The van der Waals surface area contributed by atoms with Gasteiger partial charge < -0.3 is 4.74 Å². The first kappa shape index (κ1) is 21.1. The molecule has 0 N–H and O–H groups in total. The van der Waals surface area contributed by atoms with Gasteiger partial charge >= 0.3 is 5.97 Å². The maximum atomic E-state index is 12.5. The van der Waals surface area contributed by atoms with Crippen molar-refractivity contribution in [3.8, 4) is 5.75 Å². The number of esters is 1. The second kappa shape index (κ2) is 8.55. The molecular weight excluding hydrogens is 380 g/mol. The van der Waals surface area contributed by atoms with Gasteiger partial charge in [-0.05, 0) is 90.8 Å². The third-order valence-electron chi connectivity index (χ3n) is 6.32. The van der Waals surface area contributed by atoms with Gasteiger partial charge in [0.2, 0.25) is 0 Å². The summed E-state index contributed by atoms with van der Waals surface area (Å²) in [5.74, 6) is 0.225. The fourth-order valence-electron chi connectivity index (χ4n) is 4.46. The number of carbonyl (C=O) groups is 1. The molecule has 0 saturated carbocycles. The van der Waals surface area contributed by atoms with Crippen LogP contribution in [0, 0.1) is 12.3 Å². The summed E-state index contributed by atoms with van der Waals surface area (Å²) in [6.45, 7) is 8.95. The smallest absolute Gasteiger partial charge is 0.343 e. The van der Waals surface area contributed by atoms with E-state index in [1.807, 2.05) is 49.4 Å². The van der Waals surface area contributed by atoms with Crippen LogP contribution in [0.2, 0.25) is 0 Å². The monoisotopic (exact) mass is 410 g/mol. The van der Waals surface area contributed by atoms with E-state index in [2.05, 4.69) is 51.1 Å². The van der Waals surface area contributed by atoms with Gasteiger partial charge in [0.15, 0.2) is 0 Å². The Kier molecular flexibility index (Phi) is 5.82. The Morgan fingerprint density at radius 2 is 1.61 bits per heavy atom. The largest absolute Gasteiger partial charge is 0.423 e. The number of benzene rings is 3. The molecule has 2 nitrogen and oxygen atoms in total. The van der Waals surface area contributed by atoms with Gasteiger partial charge in [-0.15, -0.1) is 0 Å². The number of allylic oxidation sites excluding steroid dienone is 3. The summed E-state index contributed by atoms with van der Waals surface area (Å²) < 4.78 is 5.51. The second-order valence-corrected chi connectivity index (χ2v) is 9.29. The van der Waals surface area contributed by atoms with Gasteiger partial charge in [0.25, 0.3) is 0 Å². The van der Waals surface area contributed by atoms with Gasteiger partial charge in [-0.2, -0.15) is 0 Å². The second-order valence-electron chi connectivity index (χ2n) is 9.29. The molecule has 0 radical (unpaired) electrons. The number of aryl methyl sites for hydroxylation is 1. The zero-order valence-corrected chi connectivity index (χ0v) is 18.9. The van der Waals surface area contributed by atoms with Crippen molar-refractivity contribution < 1.29 is 9.53 Å². The van der Waals surface area contributed by atoms with Crippen LogP contribution in [-0.4, -0.2) is 5.97 Å². The summed E-state index contributed by atoms with van der Waals surface area (Å²) in [6, 6.07) is 19.6. The SMILES string of the molecule is CC1=C(C=Cc2ccc3cc(C(=O)Oc4ccc(C)cc4)ccc3c2)C(C)(C)CCC1. The average molecular weight is 411 g/mol. The average Bonchev–Trinajstić information content (AvgIpc) is 2.74. The highest BCUT2D eigenvalue weighted by Gasteiger charge is 2.26. The van der Waals surface area contributed by atoms with E-state index >= 15 is 0 Å². The van der Waals surface area contributed by atoms with Crippen LogP contribution in [0.5, 0.6) is 5.75 Å². The van der Waals surface area contributed by atoms with Gasteiger partial charge in [-0.3, -0.25) is 0 Å². The molecule has 1 aliphatic carbocycles. The van der Waals surface area contributed by atoms with Crippen molar-refractivity contribution in [2.45, 2.75) is 47.0 Å². The van der Waals surface area contributed by atoms with E-state index in [1.54, 1.807) is 0 Å². The van der Waals surface area contributed by atoms with Crippen LogP contribution < -0.4 is 4.74 Å². The van der Waals surface area contributed by atoms with E-state index < -0.39 is 0 Å². The molecule has 1 aliphatic rings. The quantitative estimate of drug-likeness (QED) is 0.323. The minimum Gasteiger partial charge on any atom is -0.423 e. The topological polar surface area (TPSA) is 26.3 Å². The minimum atomic E-state index is -0.336. The molecule has 3 aromatic rings. The number of hydrogen-bond donors (Lipinski definition) is 0. The summed E-state index contributed by atoms with van der Waals surface area (Å²) >= 11 is 0. The highest BCUT2D eigenvalue weighted by Crippen LogP contribution is 2.41. The van der Waals surface area contributed by atoms with Gasteiger partial charge in [0.1, 0.15) is 5.75 Å². The third-order valence-corrected chi connectivity index (χ3v) is 6.32. The molecule has 0 atom stereocenters. The summed E-state index contributed by atoms with van der Waals surface area (Å²) in [5.41, 5.74) is 6.07. The molecular formula is C29H30O2. The fourth-order valence-corrected chi connectivity index (χ4v) is 4.46. The van der Waals surface area contributed by atoms with Crippen LogP contribution >= 0.6 is 0 Å². The Morgan fingerprint density at radius 1 is 0.903 bits per heavy atom. The van der Waals surface area contributed by atoms with E-state index in [4.69, 9.17) is 4.74 Å². The van der Waals surface area contributed by atoms with Crippen LogP contribution in [0.1, 0.15) is 61.5 Å². The first-order chi connectivity index (χ1) is 14.8. The molecule has 0 saturated heterocycles. The van der Waals surface area contributed by atoms with Gasteiger partial charge in [0.05, 0.1) is 5.56 Å². The minimum absolute atomic E-state index is 0.238. The van der Waals surface area contributed by atoms with Crippen molar-refractivity contribution in [3.05, 3.63) is 94.6 Å². The van der Waals surface area contributed by atoms with E-state index in [9.17, 15) is 4.79 Å². The maximum Gasteiger partial charge on any atom is 0.343 e. The molecule has 158 valence electrons. The van der Waals surface area contributed by atoms with Crippen LogP contribution in [0.3, 0.4) is 0 Å². The number of carbonyl (C=O) groups excluding carboxylic acids is 1. The molecule has 0 aromatic heterocycles. The van der Waals surface area contributed by atoms with Crippen LogP contribution in [0.25, 0.3) is 16.8 Å². The first-order valence-corrected chi connectivity index (χ1v) is 11.0. The molecule has 0 amide bonds. The predicted octanol–water partition coefficient (Wildman–Crippen LogP) is 7.91. The van der Waals surface area contributed by atoms with Gasteiger partial charge in [0, 0.05) is 0 Å². The number of ether oxygens (including phenoxy) is 1. The normalized spacial score (nSPS) is 16.1. The summed E-state index contributed by atoms with van der Waals surface area (Å²) in [4.78, 5) is 12.5. The Hall–Kier alpha value is -3.13. The van der Waals surface area contributed by atoms with Crippen molar-refractivity contribution in [1.29, 1.82) is 0 Å². The molecule has 0 unspecified atom stereocenters. The number of hydrogen-bond acceptors (Lipinski definition) is 2. The molecule has 0 heterocycles. The van der Waals surface area contributed by atoms with Crippen LogP contribution in [0.15, 0.2) is 77.9 Å². The lowest BCUT2D eigenvalue weighted by atomic mass is 9.72. The standard InChI is InChI=1S/C29H30O2/c1-20-7-14-26(15-8-20)31-28(30)25-13-12-23-18-22(9-11-24(23)19-25)10-16-27-21(2)6-5-17-29(27,3)4/h7-16,18-19H,5-6,17H2,1-4H3. The highest BCUT2D eigenvalue weighted by molar-refractivity contribution is 5.96. The van der Waals surface area contributed by atoms with Crippen molar-refractivity contribution in [2.75, 3.05) is 0 Å². The lowest BCUT2D eigenvalue weighted by Gasteiger charge is -2.32. The lowest BCUT2D eigenvalue weighted by Crippen LogP contribution is -2.18. The molecule has 31 heavy (non-hydrogen) atoms. The van der Waals surface area contributed by atoms with Gasteiger partial charge in [-0.1, -0.05) is 67.5 Å². The first-order valence-electron chi connectivity index (χ1n) is 11.0. The molecule has 3 aromatic carbocycles. The van der Waals surface area contributed by atoms with E-state index in [0.717, 1.165) is 16.3 Å². The molecule has 2 heteroatoms. The fraction of sp³-hybridized carbons (Fsp3) is 0.276. The zero-order valence-electron chi connectivity index (χ0n) is 18.9. The molecule has 0 aliphatic heterocycles. The summed E-state index contributed by atoms with van der Waals surface area (Å²) in [7, 11) is 0. The Labute approximate surface area is 185 Å². The highest BCUT2D eigenvalue weighted by atomic mass is 16.5. The Balaban J connectivity index is 1.54. The van der Waals surface area contributed by atoms with E-state index in [1.165, 1.54) is 36.0 Å². The number of rotatable bonds is 4. The molecule has 4 rings (SSSR count). The molecule has 0 spiro atoms. The van der Waals surface area contributed by atoms with Crippen molar-refractivity contribution in [3.63, 3.8) is 0 Å². The summed E-state index contributed by atoms with van der Waals surface area (Å²) in [6.07, 6.45) is 8.22. The number of fused-ring (bicyclic) bond motifs is 1. The Bertz CT molecular complexity index is 1180. The van der Waals surface area contributed by atoms with E-state index in [0.29, 0.717) is 11.3 Å². The summed E-state index contributed by atoms with van der Waals surface area (Å²) in [5, 5.41) is 2.14.